The number of ether oxygens (including phenoxy) is 1. The summed E-state index contributed by atoms with van der Waals surface area (Å²) >= 11 is 3.53. The number of benzene rings is 1. The van der Waals surface area contributed by atoms with E-state index in [1.165, 1.54) is 5.56 Å². The zero-order chi connectivity index (χ0) is 12.0. The number of aliphatic imine (C=N–C) groups is 1. The Kier molecular flexibility index (Phi) is 2.39. The molecule has 1 saturated carbocycles. The molecular weight excluding hydrogens is 282 g/mol. The van der Waals surface area contributed by atoms with Crippen LogP contribution in [0.25, 0.3) is 0 Å². The maximum absolute atomic E-state index is 10.5. The maximum atomic E-state index is 10.5. The van der Waals surface area contributed by atoms with Gasteiger partial charge >= 0.3 is 0 Å². The van der Waals surface area contributed by atoms with E-state index >= 15 is 0 Å². The molecule has 0 spiro atoms. The summed E-state index contributed by atoms with van der Waals surface area (Å²) in [7, 11) is 0. The lowest BCUT2D eigenvalue weighted by Crippen LogP contribution is -2.05. The molecule has 1 aliphatic carbocycles. The largest absolute Gasteiger partial charge is 0.489 e. The van der Waals surface area contributed by atoms with Gasteiger partial charge in [0.05, 0.1) is 10.0 Å². The van der Waals surface area contributed by atoms with Crippen LogP contribution in [-0.2, 0) is 16.8 Å². The van der Waals surface area contributed by atoms with Crippen molar-refractivity contribution in [2.75, 3.05) is 0 Å². The van der Waals surface area contributed by atoms with Crippen LogP contribution in [0.2, 0.25) is 0 Å². The average Bonchev–Trinajstić information content (AvgIpc) is 2.95. The van der Waals surface area contributed by atoms with Crippen molar-refractivity contribution in [2.24, 2.45) is 4.99 Å². The Hall–Kier alpha value is -1.12. The van der Waals surface area contributed by atoms with Crippen molar-refractivity contribution < 1.29 is 9.53 Å². The van der Waals surface area contributed by atoms with Crippen LogP contribution in [-0.4, -0.2) is 12.2 Å². The van der Waals surface area contributed by atoms with Crippen LogP contribution in [0.5, 0.6) is 5.75 Å². The summed E-state index contributed by atoms with van der Waals surface area (Å²) in [4.78, 5) is 14.4. The normalized spacial score (nSPS) is 23.5. The predicted octanol–water partition coefficient (Wildman–Crippen LogP) is 3.10. The van der Waals surface area contributed by atoms with E-state index in [-0.39, 0.29) is 11.6 Å². The van der Waals surface area contributed by atoms with Crippen molar-refractivity contribution in [1.29, 1.82) is 0 Å². The third kappa shape index (κ3) is 1.72. The van der Waals surface area contributed by atoms with Gasteiger partial charge in [-0.2, -0.15) is 4.99 Å². The molecule has 4 heteroatoms. The standard InChI is InChI=1S/C13H12BrNO2/c1-8-4-9-5-10(6-11(14)12(9)17-8)13(2-3-13)15-7-16/h5-6,8H,2-4H2,1H3. The molecule has 1 atom stereocenters. The second kappa shape index (κ2) is 3.69. The van der Waals surface area contributed by atoms with Gasteiger partial charge < -0.3 is 4.74 Å². The maximum Gasteiger partial charge on any atom is 0.235 e. The first kappa shape index (κ1) is 11.0. The molecule has 1 unspecified atom stereocenters. The van der Waals surface area contributed by atoms with Crippen LogP contribution in [0.15, 0.2) is 21.6 Å². The fraction of sp³-hybridized carbons (Fsp3) is 0.462. The number of hydrogen-bond donors (Lipinski definition) is 0. The van der Waals surface area contributed by atoms with Gasteiger partial charge in [-0.25, -0.2) is 4.79 Å². The van der Waals surface area contributed by atoms with Crippen LogP contribution in [0.3, 0.4) is 0 Å². The highest BCUT2D eigenvalue weighted by Gasteiger charge is 2.45. The lowest BCUT2D eigenvalue weighted by Gasteiger charge is -2.11. The van der Waals surface area contributed by atoms with Crippen molar-refractivity contribution in [3.05, 3.63) is 27.7 Å². The molecule has 0 radical (unpaired) electrons. The van der Waals surface area contributed by atoms with E-state index in [4.69, 9.17) is 4.74 Å². The van der Waals surface area contributed by atoms with Crippen LogP contribution in [0.4, 0.5) is 0 Å². The first-order chi connectivity index (χ1) is 8.14. The first-order valence-electron chi connectivity index (χ1n) is 5.73. The average molecular weight is 294 g/mol. The number of nitrogens with zero attached hydrogens (tertiary/aromatic N) is 1. The molecule has 1 fully saturated rings. The molecule has 1 aromatic rings. The van der Waals surface area contributed by atoms with Gasteiger partial charge in [-0.05, 0) is 59.0 Å². The van der Waals surface area contributed by atoms with Gasteiger partial charge in [0.1, 0.15) is 11.9 Å². The minimum absolute atomic E-state index is 0.223. The van der Waals surface area contributed by atoms with Gasteiger partial charge in [0.2, 0.25) is 6.08 Å². The summed E-state index contributed by atoms with van der Waals surface area (Å²) in [5.41, 5.74) is 2.00. The quantitative estimate of drug-likeness (QED) is 0.621. The van der Waals surface area contributed by atoms with E-state index in [2.05, 4.69) is 33.9 Å². The van der Waals surface area contributed by atoms with Crippen molar-refractivity contribution in [2.45, 2.75) is 37.8 Å². The first-order valence-corrected chi connectivity index (χ1v) is 6.52. The number of fused-ring (bicyclic) bond motifs is 1. The highest BCUT2D eigenvalue weighted by atomic mass is 79.9. The third-order valence-electron chi connectivity index (χ3n) is 3.47. The van der Waals surface area contributed by atoms with Gasteiger partial charge in [0.15, 0.2) is 0 Å². The Morgan fingerprint density at radius 1 is 1.53 bits per heavy atom. The molecule has 0 saturated heterocycles. The zero-order valence-electron chi connectivity index (χ0n) is 9.50. The third-order valence-corrected chi connectivity index (χ3v) is 4.06. The summed E-state index contributed by atoms with van der Waals surface area (Å²) in [5.74, 6) is 0.937. The minimum Gasteiger partial charge on any atom is -0.489 e. The second-order valence-electron chi connectivity index (χ2n) is 4.81. The molecule has 1 aromatic carbocycles. The lowest BCUT2D eigenvalue weighted by atomic mass is 10.0. The lowest BCUT2D eigenvalue weighted by molar-refractivity contribution is 0.253. The van der Waals surface area contributed by atoms with Gasteiger partial charge in [0.25, 0.3) is 0 Å². The summed E-state index contributed by atoms with van der Waals surface area (Å²) in [5, 5.41) is 0. The van der Waals surface area contributed by atoms with E-state index in [9.17, 15) is 4.79 Å². The summed E-state index contributed by atoms with van der Waals surface area (Å²) in [6.07, 6.45) is 4.70. The second-order valence-corrected chi connectivity index (χ2v) is 5.67. The van der Waals surface area contributed by atoms with Crippen LogP contribution in [0.1, 0.15) is 30.9 Å². The fourth-order valence-corrected chi connectivity index (χ4v) is 3.02. The zero-order valence-corrected chi connectivity index (χ0v) is 11.1. The van der Waals surface area contributed by atoms with Gasteiger partial charge in [-0.15, -0.1) is 0 Å². The van der Waals surface area contributed by atoms with Crippen LogP contribution >= 0.6 is 15.9 Å². The smallest absolute Gasteiger partial charge is 0.235 e. The van der Waals surface area contributed by atoms with Gasteiger partial charge in [0, 0.05) is 6.42 Å². The van der Waals surface area contributed by atoms with Crippen molar-refractivity contribution in [3.8, 4) is 5.75 Å². The van der Waals surface area contributed by atoms with Crippen molar-refractivity contribution >= 4 is 22.0 Å². The van der Waals surface area contributed by atoms with E-state index < -0.39 is 0 Å². The van der Waals surface area contributed by atoms with Crippen LogP contribution < -0.4 is 4.74 Å². The predicted molar refractivity (Wildman–Crippen MR) is 67.0 cm³/mol. The number of halogens is 1. The number of carbonyl (C=O) groups excluding carboxylic acids is 1. The number of rotatable bonds is 2. The SMILES string of the molecule is CC1Cc2cc(C3(N=C=O)CC3)cc(Br)c2O1. The molecule has 3 rings (SSSR count). The molecule has 17 heavy (non-hydrogen) atoms. The Morgan fingerprint density at radius 3 is 2.94 bits per heavy atom. The molecule has 0 bridgehead atoms. The number of hydrogen-bond acceptors (Lipinski definition) is 3. The topological polar surface area (TPSA) is 38.7 Å². The Labute approximate surface area is 108 Å². The van der Waals surface area contributed by atoms with Crippen LogP contribution in [0, 0.1) is 0 Å². The molecule has 88 valence electrons. The summed E-state index contributed by atoms with van der Waals surface area (Å²) in [6.45, 7) is 2.06. The molecule has 0 aromatic heterocycles. The summed E-state index contributed by atoms with van der Waals surface area (Å²) in [6, 6.07) is 4.14. The highest BCUT2D eigenvalue weighted by Crippen LogP contribution is 2.51. The molecule has 3 nitrogen and oxygen atoms in total. The highest BCUT2D eigenvalue weighted by molar-refractivity contribution is 9.10. The van der Waals surface area contributed by atoms with Crippen molar-refractivity contribution in [1.82, 2.24) is 0 Å². The Morgan fingerprint density at radius 2 is 2.29 bits per heavy atom. The molecule has 1 aliphatic heterocycles. The van der Waals surface area contributed by atoms with E-state index in [1.807, 2.05) is 6.07 Å². The molecular formula is C13H12BrNO2. The monoisotopic (exact) mass is 293 g/mol. The Balaban J connectivity index is 2.07. The van der Waals surface area contributed by atoms with E-state index in [0.29, 0.717) is 0 Å². The molecule has 2 aliphatic rings. The Bertz CT molecular complexity index is 530. The fourth-order valence-electron chi connectivity index (χ4n) is 2.43. The molecule has 0 amide bonds. The number of isocyanates is 1. The summed E-state index contributed by atoms with van der Waals surface area (Å²) < 4.78 is 6.69. The van der Waals surface area contributed by atoms with Crippen molar-refractivity contribution in [3.63, 3.8) is 0 Å². The van der Waals surface area contributed by atoms with Gasteiger partial charge in [-0.1, -0.05) is 0 Å². The molecule has 1 heterocycles. The van der Waals surface area contributed by atoms with Gasteiger partial charge in [-0.3, -0.25) is 0 Å². The van der Waals surface area contributed by atoms with E-state index in [0.717, 1.165) is 35.0 Å². The minimum atomic E-state index is -0.300. The van der Waals surface area contributed by atoms with E-state index in [1.54, 1.807) is 6.08 Å². The molecule has 0 N–H and O–H groups in total.